The minimum Gasteiger partial charge on any atom is -0.348 e. The highest BCUT2D eigenvalue weighted by Gasteiger charge is 2.17. The maximum atomic E-state index is 13.4. The van der Waals surface area contributed by atoms with Crippen LogP contribution >= 0.6 is 0 Å². The SMILES string of the molecule is O=C(NCc1ccccc1)c1cccc2c1c1ccccc1c(=O)n2Cc1ccccc1. The van der Waals surface area contributed by atoms with Crippen LogP contribution in [0.15, 0.2) is 108 Å². The van der Waals surface area contributed by atoms with Crippen LogP contribution in [-0.4, -0.2) is 10.5 Å². The number of aromatic nitrogens is 1. The van der Waals surface area contributed by atoms with Gasteiger partial charge in [0.15, 0.2) is 0 Å². The molecule has 4 aromatic carbocycles. The van der Waals surface area contributed by atoms with Gasteiger partial charge in [-0.1, -0.05) is 84.9 Å². The Morgan fingerprint density at radius 2 is 1.31 bits per heavy atom. The normalized spacial score (nSPS) is 11.0. The Balaban J connectivity index is 1.66. The van der Waals surface area contributed by atoms with Gasteiger partial charge in [0.1, 0.15) is 0 Å². The lowest BCUT2D eigenvalue weighted by molar-refractivity contribution is 0.0952. The van der Waals surface area contributed by atoms with Crippen LogP contribution in [0.2, 0.25) is 0 Å². The summed E-state index contributed by atoms with van der Waals surface area (Å²) in [6.45, 7) is 0.883. The van der Waals surface area contributed by atoms with Crippen LogP contribution in [0.4, 0.5) is 0 Å². The van der Waals surface area contributed by atoms with E-state index in [4.69, 9.17) is 0 Å². The fourth-order valence-electron chi connectivity index (χ4n) is 4.18. The van der Waals surface area contributed by atoms with Crippen molar-refractivity contribution in [2.45, 2.75) is 13.1 Å². The van der Waals surface area contributed by atoms with E-state index < -0.39 is 0 Å². The van der Waals surface area contributed by atoms with E-state index in [-0.39, 0.29) is 11.5 Å². The van der Waals surface area contributed by atoms with E-state index >= 15 is 0 Å². The van der Waals surface area contributed by atoms with Gasteiger partial charge in [0.05, 0.1) is 12.1 Å². The van der Waals surface area contributed by atoms with Gasteiger partial charge in [0.25, 0.3) is 11.5 Å². The van der Waals surface area contributed by atoms with E-state index in [1.165, 1.54) is 0 Å². The van der Waals surface area contributed by atoms with Crippen LogP contribution in [0.3, 0.4) is 0 Å². The molecule has 0 unspecified atom stereocenters. The molecule has 156 valence electrons. The average molecular weight is 418 g/mol. The first-order chi connectivity index (χ1) is 15.7. The van der Waals surface area contributed by atoms with Gasteiger partial charge in [-0.25, -0.2) is 0 Å². The van der Waals surface area contributed by atoms with Gasteiger partial charge in [-0.3, -0.25) is 9.59 Å². The number of rotatable bonds is 5. The molecule has 4 nitrogen and oxygen atoms in total. The van der Waals surface area contributed by atoms with E-state index in [0.717, 1.165) is 27.4 Å². The second kappa shape index (κ2) is 8.52. The summed E-state index contributed by atoms with van der Waals surface area (Å²) < 4.78 is 1.76. The van der Waals surface area contributed by atoms with Gasteiger partial charge in [0, 0.05) is 22.9 Å². The lowest BCUT2D eigenvalue weighted by Crippen LogP contribution is -2.25. The number of pyridine rings is 1. The molecule has 1 aromatic heterocycles. The predicted octanol–water partition coefficient (Wildman–Crippen LogP) is 5.13. The largest absolute Gasteiger partial charge is 0.348 e. The second-order valence-electron chi connectivity index (χ2n) is 7.79. The first kappa shape index (κ1) is 19.8. The van der Waals surface area contributed by atoms with E-state index in [1.807, 2.05) is 103 Å². The summed E-state index contributed by atoms with van der Waals surface area (Å²) >= 11 is 0. The van der Waals surface area contributed by atoms with Crippen LogP contribution in [-0.2, 0) is 13.1 Å². The van der Waals surface area contributed by atoms with Gasteiger partial charge in [-0.05, 0) is 34.7 Å². The third kappa shape index (κ3) is 3.67. The number of hydrogen-bond acceptors (Lipinski definition) is 2. The third-order valence-electron chi connectivity index (χ3n) is 5.73. The molecule has 0 aliphatic heterocycles. The molecule has 1 heterocycles. The minimum atomic E-state index is -0.158. The lowest BCUT2D eigenvalue weighted by Gasteiger charge is -2.16. The van der Waals surface area contributed by atoms with Crippen LogP contribution in [0.1, 0.15) is 21.5 Å². The van der Waals surface area contributed by atoms with Crippen molar-refractivity contribution in [2.75, 3.05) is 0 Å². The molecule has 0 radical (unpaired) electrons. The smallest absolute Gasteiger partial charge is 0.259 e. The third-order valence-corrected chi connectivity index (χ3v) is 5.73. The van der Waals surface area contributed by atoms with E-state index in [1.54, 1.807) is 4.57 Å². The molecule has 32 heavy (non-hydrogen) atoms. The first-order valence-corrected chi connectivity index (χ1v) is 10.6. The molecule has 5 rings (SSSR count). The molecule has 0 saturated heterocycles. The van der Waals surface area contributed by atoms with Crippen molar-refractivity contribution in [1.82, 2.24) is 9.88 Å². The van der Waals surface area contributed by atoms with Crippen LogP contribution < -0.4 is 10.9 Å². The number of fused-ring (bicyclic) bond motifs is 3. The number of carbonyl (C=O) groups is 1. The lowest BCUT2D eigenvalue weighted by atomic mass is 10.00. The molecule has 0 aliphatic rings. The zero-order valence-corrected chi connectivity index (χ0v) is 17.5. The van der Waals surface area contributed by atoms with E-state index in [9.17, 15) is 9.59 Å². The van der Waals surface area contributed by atoms with Crippen molar-refractivity contribution < 1.29 is 4.79 Å². The number of amides is 1. The molecule has 0 aliphatic carbocycles. The Hall–Kier alpha value is -4.18. The first-order valence-electron chi connectivity index (χ1n) is 10.6. The Morgan fingerprint density at radius 3 is 2.03 bits per heavy atom. The van der Waals surface area contributed by atoms with Crippen molar-refractivity contribution in [2.24, 2.45) is 0 Å². The summed E-state index contributed by atoms with van der Waals surface area (Å²) in [6.07, 6.45) is 0. The Bertz CT molecular complexity index is 1470. The minimum absolute atomic E-state index is 0.0567. The van der Waals surface area contributed by atoms with Crippen LogP contribution in [0.25, 0.3) is 21.7 Å². The molecule has 1 N–H and O–H groups in total. The Morgan fingerprint density at radius 1 is 0.688 bits per heavy atom. The van der Waals surface area contributed by atoms with Crippen LogP contribution in [0.5, 0.6) is 0 Å². The Labute approximate surface area is 185 Å². The molecule has 0 fully saturated rings. The van der Waals surface area contributed by atoms with Gasteiger partial charge >= 0.3 is 0 Å². The molecule has 0 saturated carbocycles. The Kier molecular flexibility index (Phi) is 5.26. The number of hydrogen-bond donors (Lipinski definition) is 1. The molecule has 1 amide bonds. The van der Waals surface area contributed by atoms with E-state index in [0.29, 0.717) is 24.0 Å². The summed E-state index contributed by atoms with van der Waals surface area (Å²) in [5.41, 5.74) is 3.33. The van der Waals surface area contributed by atoms with Crippen molar-refractivity contribution >= 4 is 27.6 Å². The van der Waals surface area contributed by atoms with Crippen molar-refractivity contribution in [3.05, 3.63) is 130 Å². The number of nitrogens with zero attached hydrogens (tertiary/aromatic N) is 1. The molecule has 4 heteroatoms. The molecule has 5 aromatic rings. The standard InChI is InChI=1S/C28H22N2O2/c31-27(29-18-20-10-3-1-4-11-20)24-16-9-17-25-26(24)22-14-7-8-15-23(22)28(32)30(25)19-21-12-5-2-6-13-21/h1-17H,18-19H2,(H,29,31). The molecule has 0 atom stereocenters. The average Bonchev–Trinajstić information content (AvgIpc) is 2.86. The highest BCUT2D eigenvalue weighted by Crippen LogP contribution is 2.27. The van der Waals surface area contributed by atoms with Crippen molar-refractivity contribution in [3.63, 3.8) is 0 Å². The molecular formula is C28H22N2O2. The maximum Gasteiger partial charge on any atom is 0.259 e. The summed E-state index contributed by atoms with van der Waals surface area (Å²) in [5.74, 6) is -0.158. The summed E-state index contributed by atoms with van der Waals surface area (Å²) in [5, 5.41) is 5.23. The summed E-state index contributed by atoms with van der Waals surface area (Å²) in [4.78, 5) is 26.6. The quantitative estimate of drug-likeness (QED) is 0.402. The van der Waals surface area contributed by atoms with Crippen molar-refractivity contribution in [3.8, 4) is 0 Å². The highest BCUT2D eigenvalue weighted by atomic mass is 16.1. The van der Waals surface area contributed by atoms with Crippen molar-refractivity contribution in [1.29, 1.82) is 0 Å². The number of nitrogens with one attached hydrogen (secondary N) is 1. The van der Waals surface area contributed by atoms with Gasteiger partial charge in [-0.15, -0.1) is 0 Å². The number of carbonyl (C=O) groups excluding carboxylic acids is 1. The zero-order chi connectivity index (χ0) is 21.9. The van der Waals surface area contributed by atoms with Crippen LogP contribution in [0, 0.1) is 0 Å². The number of benzene rings is 4. The second-order valence-corrected chi connectivity index (χ2v) is 7.79. The molecule has 0 spiro atoms. The fourth-order valence-corrected chi connectivity index (χ4v) is 4.18. The summed E-state index contributed by atoms with van der Waals surface area (Å²) in [6, 6.07) is 32.8. The van der Waals surface area contributed by atoms with Gasteiger partial charge in [-0.2, -0.15) is 0 Å². The van der Waals surface area contributed by atoms with E-state index in [2.05, 4.69) is 5.32 Å². The summed E-state index contributed by atoms with van der Waals surface area (Å²) in [7, 11) is 0. The molecular weight excluding hydrogens is 396 g/mol. The highest BCUT2D eigenvalue weighted by molar-refractivity contribution is 6.16. The maximum absolute atomic E-state index is 13.4. The predicted molar refractivity (Wildman–Crippen MR) is 129 cm³/mol. The monoisotopic (exact) mass is 418 g/mol. The van der Waals surface area contributed by atoms with Gasteiger partial charge < -0.3 is 9.88 Å². The molecule has 0 bridgehead atoms. The zero-order valence-electron chi connectivity index (χ0n) is 17.5. The topological polar surface area (TPSA) is 51.1 Å². The van der Waals surface area contributed by atoms with Gasteiger partial charge in [0.2, 0.25) is 0 Å². The fraction of sp³-hybridized carbons (Fsp3) is 0.0714.